The summed E-state index contributed by atoms with van der Waals surface area (Å²) in [6, 6.07) is 8.90. The van der Waals surface area contributed by atoms with Crippen LogP contribution < -0.4 is 10.9 Å². The molecule has 0 bridgehead atoms. The molecule has 6 nitrogen and oxygen atoms in total. The first-order chi connectivity index (χ1) is 12.4. The molecule has 0 fully saturated rings. The average molecular weight is 432 g/mol. The van der Waals surface area contributed by atoms with Crippen molar-refractivity contribution in [2.75, 3.05) is 0 Å². The minimum Gasteiger partial charge on any atom is -0.267 e. The zero-order valence-electron chi connectivity index (χ0n) is 12.8. The predicted octanol–water partition coefficient (Wildman–Crippen LogP) is 4.43. The van der Waals surface area contributed by atoms with E-state index in [1.165, 1.54) is 48.8 Å². The highest BCUT2D eigenvalue weighted by molar-refractivity contribution is 6.37. The van der Waals surface area contributed by atoms with Crippen LogP contribution in [0.2, 0.25) is 20.1 Å². The number of hydrogen-bond donors (Lipinski definition) is 2. The van der Waals surface area contributed by atoms with Gasteiger partial charge in [0.2, 0.25) is 0 Å². The lowest BCUT2D eigenvalue weighted by atomic mass is 10.2. The Kier molecular flexibility index (Phi) is 7.41. The van der Waals surface area contributed by atoms with Gasteiger partial charge in [-0.05, 0) is 36.4 Å². The maximum absolute atomic E-state index is 11.9. The summed E-state index contributed by atoms with van der Waals surface area (Å²) < 4.78 is 0. The molecule has 134 valence electrons. The SMILES string of the molecule is O=C(N/N=C\C=N\NC(=O)c1ccc(Cl)cc1Cl)c1ccc(Cl)cc1Cl. The summed E-state index contributed by atoms with van der Waals surface area (Å²) in [6.45, 7) is 0. The molecule has 0 atom stereocenters. The van der Waals surface area contributed by atoms with Crippen LogP contribution in [0.1, 0.15) is 20.7 Å². The number of carbonyl (C=O) groups is 2. The van der Waals surface area contributed by atoms with Crippen LogP contribution >= 0.6 is 46.4 Å². The molecule has 0 saturated heterocycles. The lowest BCUT2D eigenvalue weighted by molar-refractivity contribution is 0.0946. The Morgan fingerprint density at radius 1 is 0.731 bits per heavy atom. The van der Waals surface area contributed by atoms with Crippen LogP contribution in [0.3, 0.4) is 0 Å². The molecule has 2 rings (SSSR count). The molecular formula is C16H10Cl4N4O2. The number of rotatable bonds is 5. The molecule has 2 aromatic rings. The third-order valence-electron chi connectivity index (χ3n) is 2.90. The van der Waals surface area contributed by atoms with Crippen molar-refractivity contribution in [2.45, 2.75) is 0 Å². The summed E-state index contributed by atoms with van der Waals surface area (Å²) in [4.78, 5) is 23.8. The molecule has 0 aliphatic rings. The van der Waals surface area contributed by atoms with Crippen molar-refractivity contribution in [2.24, 2.45) is 10.2 Å². The summed E-state index contributed by atoms with van der Waals surface area (Å²) in [5, 5.41) is 8.53. The van der Waals surface area contributed by atoms with Crippen LogP contribution in [-0.4, -0.2) is 24.2 Å². The van der Waals surface area contributed by atoms with Crippen molar-refractivity contribution in [1.82, 2.24) is 10.9 Å². The lowest BCUT2D eigenvalue weighted by Gasteiger charge is -2.02. The first-order valence-corrected chi connectivity index (χ1v) is 8.45. The van der Waals surface area contributed by atoms with E-state index in [4.69, 9.17) is 46.4 Å². The normalized spacial score (nSPS) is 11.1. The Balaban J connectivity index is 1.86. The summed E-state index contributed by atoms with van der Waals surface area (Å²) in [5.74, 6) is -1.04. The van der Waals surface area contributed by atoms with E-state index in [2.05, 4.69) is 21.1 Å². The minimum absolute atomic E-state index is 0.200. The number of hydrogen-bond acceptors (Lipinski definition) is 4. The van der Waals surface area contributed by atoms with E-state index in [1.54, 1.807) is 0 Å². The molecule has 26 heavy (non-hydrogen) atoms. The van der Waals surface area contributed by atoms with Crippen molar-refractivity contribution in [1.29, 1.82) is 0 Å². The third-order valence-corrected chi connectivity index (χ3v) is 4.00. The summed E-state index contributed by atoms with van der Waals surface area (Å²) >= 11 is 23.3. The highest BCUT2D eigenvalue weighted by atomic mass is 35.5. The molecule has 2 aromatic carbocycles. The highest BCUT2D eigenvalue weighted by Gasteiger charge is 2.10. The van der Waals surface area contributed by atoms with Gasteiger partial charge >= 0.3 is 0 Å². The Morgan fingerprint density at radius 2 is 1.12 bits per heavy atom. The van der Waals surface area contributed by atoms with Crippen molar-refractivity contribution >= 4 is 70.6 Å². The summed E-state index contributed by atoms with van der Waals surface area (Å²) in [5.41, 5.74) is 4.95. The van der Waals surface area contributed by atoms with Crippen molar-refractivity contribution in [3.63, 3.8) is 0 Å². The first kappa shape index (κ1) is 20.2. The second kappa shape index (κ2) is 9.54. The molecule has 0 saturated carbocycles. The molecule has 0 aliphatic carbocycles. The smallest absolute Gasteiger partial charge is 0.267 e. The zero-order chi connectivity index (χ0) is 19.1. The fourth-order valence-corrected chi connectivity index (χ4v) is 2.71. The van der Waals surface area contributed by atoms with Gasteiger partial charge in [0.25, 0.3) is 11.8 Å². The predicted molar refractivity (Wildman–Crippen MR) is 105 cm³/mol. The van der Waals surface area contributed by atoms with E-state index in [1.807, 2.05) is 0 Å². The number of nitrogens with zero attached hydrogens (tertiary/aromatic N) is 2. The van der Waals surface area contributed by atoms with E-state index < -0.39 is 11.8 Å². The van der Waals surface area contributed by atoms with Gasteiger partial charge in [0.1, 0.15) is 0 Å². The van der Waals surface area contributed by atoms with Gasteiger partial charge in [-0.2, -0.15) is 10.2 Å². The van der Waals surface area contributed by atoms with E-state index in [9.17, 15) is 9.59 Å². The van der Waals surface area contributed by atoms with E-state index in [-0.39, 0.29) is 21.2 Å². The lowest BCUT2D eigenvalue weighted by Crippen LogP contribution is -2.19. The second-order valence-corrected chi connectivity index (χ2v) is 6.37. The molecule has 0 radical (unpaired) electrons. The minimum atomic E-state index is -0.520. The van der Waals surface area contributed by atoms with Crippen LogP contribution in [-0.2, 0) is 0 Å². The molecule has 0 aromatic heterocycles. The van der Waals surface area contributed by atoms with Crippen LogP contribution in [0.5, 0.6) is 0 Å². The van der Waals surface area contributed by atoms with Gasteiger partial charge < -0.3 is 0 Å². The van der Waals surface area contributed by atoms with E-state index in [0.717, 1.165) is 0 Å². The van der Waals surface area contributed by atoms with Gasteiger partial charge in [-0.1, -0.05) is 46.4 Å². The molecule has 0 aliphatic heterocycles. The summed E-state index contributed by atoms with van der Waals surface area (Å²) in [7, 11) is 0. The van der Waals surface area contributed by atoms with Crippen molar-refractivity contribution in [3.8, 4) is 0 Å². The summed E-state index contributed by atoms with van der Waals surface area (Å²) in [6.07, 6.45) is 2.34. The Bertz CT molecular complexity index is 826. The van der Waals surface area contributed by atoms with E-state index in [0.29, 0.717) is 10.0 Å². The molecule has 0 spiro atoms. The van der Waals surface area contributed by atoms with Gasteiger partial charge in [0.15, 0.2) is 0 Å². The van der Waals surface area contributed by atoms with Gasteiger partial charge in [-0.25, -0.2) is 10.9 Å². The number of halogens is 4. The van der Waals surface area contributed by atoms with Crippen LogP contribution in [0.25, 0.3) is 0 Å². The maximum Gasteiger partial charge on any atom is 0.272 e. The van der Waals surface area contributed by atoms with Crippen molar-refractivity contribution < 1.29 is 9.59 Å². The van der Waals surface area contributed by atoms with Gasteiger partial charge in [-0.3, -0.25) is 9.59 Å². The van der Waals surface area contributed by atoms with Gasteiger partial charge in [0, 0.05) is 10.0 Å². The van der Waals surface area contributed by atoms with Gasteiger partial charge in [-0.15, -0.1) is 0 Å². The number of hydrazone groups is 2. The fourth-order valence-electron chi connectivity index (χ4n) is 1.73. The number of benzene rings is 2. The molecular weight excluding hydrogens is 422 g/mol. The third kappa shape index (κ3) is 5.71. The number of amides is 2. The van der Waals surface area contributed by atoms with Gasteiger partial charge in [0.05, 0.1) is 33.6 Å². The number of nitrogens with one attached hydrogen (secondary N) is 2. The van der Waals surface area contributed by atoms with Crippen LogP contribution in [0.15, 0.2) is 46.6 Å². The largest absolute Gasteiger partial charge is 0.272 e. The Labute approximate surface area is 168 Å². The molecule has 2 amide bonds. The molecule has 0 unspecified atom stereocenters. The fraction of sp³-hybridized carbons (Fsp3) is 0. The monoisotopic (exact) mass is 430 g/mol. The van der Waals surface area contributed by atoms with E-state index >= 15 is 0 Å². The highest BCUT2D eigenvalue weighted by Crippen LogP contribution is 2.21. The standard InChI is InChI=1S/C16H10Cl4N4O2/c17-9-1-3-11(13(19)7-9)15(25)23-21-5-6-22-24-16(26)12-4-2-10(18)8-14(12)20/h1-8H,(H,23,25)(H,24,26)/b21-5-,22-6+. The van der Waals surface area contributed by atoms with Crippen LogP contribution in [0, 0.1) is 0 Å². The second-order valence-electron chi connectivity index (χ2n) is 4.69. The van der Waals surface area contributed by atoms with Crippen molar-refractivity contribution in [3.05, 3.63) is 67.6 Å². The number of carbonyl (C=O) groups excluding carboxylic acids is 2. The molecule has 10 heteroatoms. The molecule has 2 N–H and O–H groups in total. The quantitative estimate of drug-likeness (QED) is 0.542. The Hall–Kier alpha value is -2.12. The topological polar surface area (TPSA) is 82.9 Å². The maximum atomic E-state index is 11.9. The average Bonchev–Trinajstić information content (AvgIpc) is 2.57. The van der Waals surface area contributed by atoms with Crippen LogP contribution in [0.4, 0.5) is 0 Å². The zero-order valence-corrected chi connectivity index (χ0v) is 15.9. The first-order valence-electron chi connectivity index (χ1n) is 6.94. The Morgan fingerprint density at radius 3 is 1.46 bits per heavy atom. The molecule has 0 heterocycles.